The largest absolute Gasteiger partial charge is 0.348 e. The molecule has 0 unspecified atom stereocenters. The summed E-state index contributed by atoms with van der Waals surface area (Å²) in [6.45, 7) is 3.04. The molecule has 1 saturated heterocycles. The molecule has 3 aromatic rings. The zero-order valence-electron chi connectivity index (χ0n) is 17.5. The van der Waals surface area contributed by atoms with Crippen LogP contribution < -0.4 is 10.6 Å². The summed E-state index contributed by atoms with van der Waals surface area (Å²) in [4.78, 5) is 39.1. The lowest BCUT2D eigenvalue weighted by Gasteiger charge is -2.23. The third-order valence-corrected chi connectivity index (χ3v) is 6.46. The van der Waals surface area contributed by atoms with Crippen LogP contribution in [-0.2, 0) is 15.1 Å². The van der Waals surface area contributed by atoms with E-state index in [4.69, 9.17) is 23.2 Å². The van der Waals surface area contributed by atoms with Gasteiger partial charge in [-0.1, -0.05) is 65.7 Å². The van der Waals surface area contributed by atoms with Crippen LogP contribution in [0.3, 0.4) is 0 Å². The highest BCUT2D eigenvalue weighted by atomic mass is 35.5. The number of halogens is 2. The van der Waals surface area contributed by atoms with Crippen LogP contribution in [0.4, 0.5) is 4.79 Å². The lowest BCUT2D eigenvalue weighted by molar-refractivity contribution is -0.135. The Balaban J connectivity index is 1.47. The molecule has 0 radical (unpaired) electrons. The van der Waals surface area contributed by atoms with Crippen molar-refractivity contribution < 1.29 is 14.4 Å². The normalized spacial score (nSPS) is 19.2. The van der Waals surface area contributed by atoms with Crippen molar-refractivity contribution in [3.05, 3.63) is 81.8 Å². The van der Waals surface area contributed by atoms with Gasteiger partial charge in [-0.05, 0) is 53.9 Å². The lowest BCUT2D eigenvalue weighted by atomic mass is 9.92. The van der Waals surface area contributed by atoms with Gasteiger partial charge in [-0.25, -0.2) is 4.79 Å². The first-order chi connectivity index (χ1) is 15.2. The number of carbonyl (C=O) groups is 3. The van der Waals surface area contributed by atoms with Gasteiger partial charge in [0.15, 0.2) is 0 Å². The molecule has 2 N–H and O–H groups in total. The molecule has 0 aliphatic carbocycles. The molecule has 164 valence electrons. The topological polar surface area (TPSA) is 78.5 Å². The van der Waals surface area contributed by atoms with Crippen molar-refractivity contribution >= 4 is 51.8 Å². The fourth-order valence-corrected chi connectivity index (χ4v) is 4.13. The van der Waals surface area contributed by atoms with Gasteiger partial charge in [0.1, 0.15) is 12.1 Å². The van der Waals surface area contributed by atoms with Crippen molar-refractivity contribution in [1.82, 2.24) is 15.5 Å². The Morgan fingerprint density at radius 1 is 1.03 bits per heavy atom. The van der Waals surface area contributed by atoms with Crippen molar-refractivity contribution in [2.24, 2.45) is 0 Å². The maximum atomic E-state index is 13.1. The molecule has 1 heterocycles. The molecule has 6 nitrogen and oxygen atoms in total. The molecule has 1 aliphatic rings. The quantitative estimate of drug-likeness (QED) is 0.527. The zero-order chi connectivity index (χ0) is 23.0. The third kappa shape index (κ3) is 4.04. The molecule has 0 spiro atoms. The Morgan fingerprint density at radius 3 is 2.47 bits per heavy atom. The van der Waals surface area contributed by atoms with E-state index in [0.717, 1.165) is 21.2 Å². The second-order valence-corrected chi connectivity index (χ2v) is 8.79. The highest BCUT2D eigenvalue weighted by Crippen LogP contribution is 2.33. The summed E-state index contributed by atoms with van der Waals surface area (Å²) >= 11 is 12.0. The average Bonchev–Trinajstić information content (AvgIpc) is 2.99. The van der Waals surface area contributed by atoms with Gasteiger partial charge in [0, 0.05) is 0 Å². The van der Waals surface area contributed by atoms with Gasteiger partial charge in [-0.3, -0.25) is 14.5 Å². The smallest absolute Gasteiger partial charge is 0.325 e. The lowest BCUT2D eigenvalue weighted by Crippen LogP contribution is -2.43. The van der Waals surface area contributed by atoms with Gasteiger partial charge in [0.25, 0.3) is 5.91 Å². The van der Waals surface area contributed by atoms with E-state index in [0.29, 0.717) is 10.6 Å². The van der Waals surface area contributed by atoms with Crippen LogP contribution in [0.25, 0.3) is 10.8 Å². The molecule has 1 fully saturated rings. The number of carbonyl (C=O) groups excluding carboxylic acids is 3. The summed E-state index contributed by atoms with van der Waals surface area (Å²) in [5.74, 6) is -0.970. The van der Waals surface area contributed by atoms with Crippen molar-refractivity contribution in [1.29, 1.82) is 0 Å². The minimum absolute atomic E-state index is 0.271. The number of nitrogens with zero attached hydrogens (tertiary/aromatic N) is 1. The monoisotopic (exact) mass is 469 g/mol. The standard InChI is InChI=1S/C24H21Cl2N3O3/c1-14(16-8-7-15-5-3-4-6-17(15)11-16)27-21(30)13-29-22(31)24(2,28-23(29)32)18-9-10-19(25)20(26)12-18/h3-12,14H,13H2,1-2H3,(H,27,30)(H,28,32)/t14-,24-/m0/s1. The number of benzene rings is 3. The fraction of sp³-hybridized carbons (Fsp3) is 0.208. The predicted molar refractivity (Wildman–Crippen MR) is 125 cm³/mol. The maximum Gasteiger partial charge on any atom is 0.325 e. The Labute approximate surface area is 195 Å². The van der Waals surface area contributed by atoms with Crippen molar-refractivity contribution in [2.75, 3.05) is 6.54 Å². The molecule has 32 heavy (non-hydrogen) atoms. The first kappa shape index (κ1) is 22.1. The number of hydrogen-bond acceptors (Lipinski definition) is 3. The van der Waals surface area contributed by atoms with Crippen LogP contribution >= 0.6 is 23.2 Å². The molecule has 4 amide bonds. The Morgan fingerprint density at radius 2 is 1.75 bits per heavy atom. The van der Waals surface area contributed by atoms with Crippen LogP contribution in [0.2, 0.25) is 10.0 Å². The van der Waals surface area contributed by atoms with Gasteiger partial charge in [0.05, 0.1) is 16.1 Å². The van der Waals surface area contributed by atoms with E-state index < -0.39 is 23.4 Å². The third-order valence-electron chi connectivity index (χ3n) is 5.72. The number of urea groups is 1. The van der Waals surface area contributed by atoms with Crippen LogP contribution in [-0.4, -0.2) is 29.3 Å². The Kier molecular flexibility index (Phi) is 5.84. The van der Waals surface area contributed by atoms with E-state index in [2.05, 4.69) is 10.6 Å². The summed E-state index contributed by atoms with van der Waals surface area (Å²) in [6, 6.07) is 17.7. The predicted octanol–water partition coefficient (Wildman–Crippen LogP) is 4.79. The van der Waals surface area contributed by atoms with Gasteiger partial charge in [-0.2, -0.15) is 0 Å². The summed E-state index contributed by atoms with van der Waals surface area (Å²) in [5.41, 5.74) is 0.0721. The number of imide groups is 1. The molecule has 2 atom stereocenters. The summed E-state index contributed by atoms with van der Waals surface area (Å²) in [5, 5.41) is 8.31. The number of hydrogen-bond donors (Lipinski definition) is 2. The van der Waals surface area contributed by atoms with Crippen LogP contribution in [0.15, 0.2) is 60.7 Å². The molecule has 0 saturated carbocycles. The molecule has 0 bridgehead atoms. The van der Waals surface area contributed by atoms with Gasteiger partial charge in [-0.15, -0.1) is 0 Å². The second kappa shape index (κ2) is 8.45. The van der Waals surface area contributed by atoms with Crippen molar-refractivity contribution in [3.8, 4) is 0 Å². The van der Waals surface area contributed by atoms with Crippen LogP contribution in [0.5, 0.6) is 0 Å². The Bertz CT molecular complexity index is 1250. The molecule has 3 aromatic carbocycles. The average molecular weight is 470 g/mol. The minimum atomic E-state index is -1.34. The highest BCUT2D eigenvalue weighted by molar-refractivity contribution is 6.42. The Hall–Kier alpha value is -3.09. The number of rotatable bonds is 5. The molecular formula is C24H21Cl2N3O3. The van der Waals surface area contributed by atoms with E-state index in [9.17, 15) is 14.4 Å². The van der Waals surface area contributed by atoms with Crippen LogP contribution in [0.1, 0.15) is 31.0 Å². The van der Waals surface area contributed by atoms with E-state index in [-0.39, 0.29) is 17.6 Å². The number of amides is 4. The van der Waals surface area contributed by atoms with Gasteiger partial charge in [0.2, 0.25) is 5.91 Å². The summed E-state index contributed by atoms with van der Waals surface area (Å²) in [6.07, 6.45) is 0. The number of nitrogens with one attached hydrogen (secondary N) is 2. The molecule has 1 aliphatic heterocycles. The van der Waals surface area contributed by atoms with E-state index in [1.165, 1.54) is 6.07 Å². The van der Waals surface area contributed by atoms with E-state index in [1.807, 2.05) is 49.4 Å². The highest BCUT2D eigenvalue weighted by Gasteiger charge is 2.49. The van der Waals surface area contributed by atoms with Crippen molar-refractivity contribution in [3.63, 3.8) is 0 Å². The summed E-state index contributed by atoms with van der Waals surface area (Å²) < 4.78 is 0. The molecule has 4 rings (SSSR count). The van der Waals surface area contributed by atoms with E-state index in [1.54, 1.807) is 19.1 Å². The second-order valence-electron chi connectivity index (χ2n) is 7.97. The molecular weight excluding hydrogens is 449 g/mol. The molecule has 8 heteroatoms. The summed E-state index contributed by atoms with van der Waals surface area (Å²) in [7, 11) is 0. The number of fused-ring (bicyclic) bond motifs is 1. The van der Waals surface area contributed by atoms with E-state index >= 15 is 0 Å². The van der Waals surface area contributed by atoms with Crippen LogP contribution in [0, 0.1) is 0 Å². The SMILES string of the molecule is C[C@H](NC(=O)CN1C(=O)N[C@@](C)(c2ccc(Cl)c(Cl)c2)C1=O)c1ccc2ccccc2c1. The molecule has 0 aromatic heterocycles. The minimum Gasteiger partial charge on any atom is -0.348 e. The first-order valence-electron chi connectivity index (χ1n) is 10.1. The maximum absolute atomic E-state index is 13.1. The van der Waals surface area contributed by atoms with Gasteiger partial charge < -0.3 is 10.6 Å². The van der Waals surface area contributed by atoms with Gasteiger partial charge >= 0.3 is 6.03 Å². The zero-order valence-corrected chi connectivity index (χ0v) is 19.0. The van der Waals surface area contributed by atoms with Crippen molar-refractivity contribution in [2.45, 2.75) is 25.4 Å². The fourth-order valence-electron chi connectivity index (χ4n) is 3.83. The first-order valence-corrected chi connectivity index (χ1v) is 10.8.